The van der Waals surface area contributed by atoms with Gasteiger partial charge in [-0.3, -0.25) is 14.4 Å². The van der Waals surface area contributed by atoms with Gasteiger partial charge in [0, 0.05) is 30.7 Å². The molecule has 7 heteroatoms. The van der Waals surface area contributed by atoms with Crippen molar-refractivity contribution in [2.24, 2.45) is 5.92 Å². The Morgan fingerprint density at radius 3 is 2.39 bits per heavy atom. The molecular weight excluding hydrogens is 416 g/mol. The third-order valence-electron chi connectivity index (χ3n) is 6.18. The molecule has 1 aromatic carbocycles. The molecule has 33 heavy (non-hydrogen) atoms. The molecule has 172 valence electrons. The van der Waals surface area contributed by atoms with E-state index in [1.54, 1.807) is 21.6 Å². The Balaban J connectivity index is 1.69. The molecule has 1 saturated heterocycles. The number of hydrogen-bond acceptors (Lipinski definition) is 4. The third-order valence-corrected chi connectivity index (χ3v) is 6.18. The number of fused-ring (bicyclic) bond motifs is 1. The van der Waals surface area contributed by atoms with Gasteiger partial charge in [-0.1, -0.05) is 13.0 Å². The molecule has 4 rings (SSSR count). The number of nitrogens with zero attached hydrogens (tertiary/aromatic N) is 3. The Bertz CT molecular complexity index is 1270. The summed E-state index contributed by atoms with van der Waals surface area (Å²) < 4.78 is 1.61. The number of likely N-dealkylation sites (tertiary alicyclic amines) is 1. The van der Waals surface area contributed by atoms with E-state index in [-0.39, 0.29) is 29.4 Å². The van der Waals surface area contributed by atoms with E-state index in [0.29, 0.717) is 35.7 Å². The minimum absolute atomic E-state index is 0.0580. The van der Waals surface area contributed by atoms with Crippen molar-refractivity contribution in [2.75, 3.05) is 18.4 Å². The van der Waals surface area contributed by atoms with Crippen LogP contribution in [0.5, 0.6) is 0 Å². The number of anilines is 1. The molecule has 0 atom stereocenters. The van der Waals surface area contributed by atoms with Crippen LogP contribution in [-0.2, 0) is 11.3 Å². The van der Waals surface area contributed by atoms with Crippen LogP contribution in [0.3, 0.4) is 0 Å². The smallest absolute Gasteiger partial charge is 0.259 e. The second-order valence-electron chi connectivity index (χ2n) is 9.22. The van der Waals surface area contributed by atoms with E-state index < -0.39 is 0 Å². The highest BCUT2D eigenvalue weighted by atomic mass is 16.2. The lowest BCUT2D eigenvalue weighted by Crippen LogP contribution is -2.40. The van der Waals surface area contributed by atoms with Crippen molar-refractivity contribution in [3.8, 4) is 0 Å². The van der Waals surface area contributed by atoms with Gasteiger partial charge in [-0.25, -0.2) is 4.98 Å². The second-order valence-corrected chi connectivity index (χ2v) is 9.22. The Hall–Kier alpha value is -3.48. The van der Waals surface area contributed by atoms with E-state index in [1.165, 1.54) is 6.20 Å². The van der Waals surface area contributed by atoms with Gasteiger partial charge in [-0.05, 0) is 74.9 Å². The zero-order valence-electron chi connectivity index (χ0n) is 19.6. The van der Waals surface area contributed by atoms with Crippen molar-refractivity contribution in [2.45, 2.75) is 47.1 Å². The summed E-state index contributed by atoms with van der Waals surface area (Å²) in [6.45, 7) is 9.17. The minimum Gasteiger partial charge on any atom is -0.338 e. The van der Waals surface area contributed by atoms with Crippen LogP contribution >= 0.6 is 0 Å². The Morgan fingerprint density at radius 1 is 1.06 bits per heavy atom. The molecule has 1 aliphatic rings. The Kier molecular flexibility index (Phi) is 6.31. The maximum atomic E-state index is 13.2. The summed E-state index contributed by atoms with van der Waals surface area (Å²) in [6.07, 6.45) is 3.34. The number of aryl methyl sites for hydroxylation is 3. The summed E-state index contributed by atoms with van der Waals surface area (Å²) in [5.74, 6) is 0.0414. The minimum atomic E-state index is -0.341. The Morgan fingerprint density at radius 2 is 1.73 bits per heavy atom. The molecule has 3 aromatic rings. The largest absolute Gasteiger partial charge is 0.338 e. The first-order valence-electron chi connectivity index (χ1n) is 11.4. The lowest BCUT2D eigenvalue weighted by atomic mass is 9.98. The van der Waals surface area contributed by atoms with Crippen molar-refractivity contribution in [3.63, 3.8) is 0 Å². The highest BCUT2D eigenvalue weighted by Crippen LogP contribution is 2.19. The highest BCUT2D eigenvalue weighted by molar-refractivity contribution is 5.97. The molecule has 0 bridgehead atoms. The number of nitrogens with one attached hydrogen (secondary N) is 1. The summed E-state index contributed by atoms with van der Waals surface area (Å²) >= 11 is 0. The SMILES string of the molecule is Cc1cc(C)cc(NC(=O)Cn2cc(C(=O)N3CCC(C)CC3)c(=O)c3ccc(C)nc32)c1. The average Bonchev–Trinajstić information content (AvgIpc) is 2.75. The van der Waals surface area contributed by atoms with E-state index in [1.807, 2.05) is 39.0 Å². The zero-order chi connectivity index (χ0) is 23.7. The topological polar surface area (TPSA) is 84.3 Å². The van der Waals surface area contributed by atoms with E-state index in [4.69, 9.17) is 0 Å². The quantitative estimate of drug-likeness (QED) is 0.660. The molecule has 1 fully saturated rings. The van der Waals surface area contributed by atoms with Crippen molar-refractivity contribution >= 4 is 28.5 Å². The lowest BCUT2D eigenvalue weighted by Gasteiger charge is -2.30. The van der Waals surface area contributed by atoms with Crippen LogP contribution in [0, 0.1) is 26.7 Å². The molecule has 0 unspecified atom stereocenters. The molecular formula is C26H30N4O3. The number of pyridine rings is 2. The van der Waals surface area contributed by atoms with Crippen molar-refractivity contribution < 1.29 is 9.59 Å². The normalized spacial score (nSPS) is 14.5. The molecule has 2 aromatic heterocycles. The maximum absolute atomic E-state index is 13.2. The Labute approximate surface area is 193 Å². The molecule has 1 aliphatic heterocycles. The van der Waals surface area contributed by atoms with Crippen LogP contribution < -0.4 is 10.7 Å². The first-order chi connectivity index (χ1) is 15.7. The van der Waals surface area contributed by atoms with Gasteiger partial charge in [0.2, 0.25) is 11.3 Å². The summed E-state index contributed by atoms with van der Waals surface area (Å²) in [5.41, 5.74) is 3.70. The predicted molar refractivity (Wildman–Crippen MR) is 130 cm³/mol. The van der Waals surface area contributed by atoms with Crippen LogP contribution in [-0.4, -0.2) is 39.4 Å². The first kappa shape index (κ1) is 22.7. The second kappa shape index (κ2) is 9.17. The standard InChI is InChI=1S/C26H30N4O3/c1-16-7-9-29(10-8-16)26(33)22-14-30(25-21(24(22)32)6-5-19(4)27-25)15-23(31)28-20-12-17(2)11-18(3)13-20/h5-6,11-14,16H,7-10,15H2,1-4H3,(H,28,31). The monoisotopic (exact) mass is 446 g/mol. The maximum Gasteiger partial charge on any atom is 0.259 e. The van der Waals surface area contributed by atoms with Crippen molar-refractivity contribution in [1.29, 1.82) is 0 Å². The van der Waals surface area contributed by atoms with E-state index in [9.17, 15) is 14.4 Å². The van der Waals surface area contributed by atoms with Gasteiger partial charge in [-0.2, -0.15) is 0 Å². The molecule has 2 amide bonds. The fourth-order valence-corrected chi connectivity index (χ4v) is 4.42. The predicted octanol–water partition coefficient (Wildman–Crippen LogP) is 3.83. The van der Waals surface area contributed by atoms with Crippen LogP contribution in [0.1, 0.15) is 46.9 Å². The van der Waals surface area contributed by atoms with E-state index in [2.05, 4.69) is 17.2 Å². The fourth-order valence-electron chi connectivity index (χ4n) is 4.42. The third kappa shape index (κ3) is 4.97. The molecule has 0 saturated carbocycles. The zero-order valence-corrected chi connectivity index (χ0v) is 19.6. The summed E-state index contributed by atoms with van der Waals surface area (Å²) in [5, 5.41) is 3.27. The molecule has 3 heterocycles. The number of benzene rings is 1. The van der Waals surface area contributed by atoms with Crippen LogP contribution in [0.2, 0.25) is 0 Å². The van der Waals surface area contributed by atoms with Crippen LogP contribution in [0.25, 0.3) is 11.0 Å². The molecule has 0 aliphatic carbocycles. The van der Waals surface area contributed by atoms with Gasteiger partial charge in [0.05, 0.1) is 5.39 Å². The number of rotatable bonds is 4. The van der Waals surface area contributed by atoms with Crippen LogP contribution in [0.4, 0.5) is 5.69 Å². The van der Waals surface area contributed by atoms with Gasteiger partial charge < -0.3 is 14.8 Å². The first-order valence-corrected chi connectivity index (χ1v) is 11.4. The molecule has 1 N–H and O–H groups in total. The fraction of sp³-hybridized carbons (Fsp3) is 0.385. The number of aromatic nitrogens is 2. The molecule has 0 spiro atoms. The summed E-state index contributed by atoms with van der Waals surface area (Å²) in [6, 6.07) is 9.29. The van der Waals surface area contributed by atoms with Gasteiger partial charge in [0.25, 0.3) is 5.91 Å². The van der Waals surface area contributed by atoms with Gasteiger partial charge in [0.1, 0.15) is 17.8 Å². The van der Waals surface area contributed by atoms with Crippen molar-refractivity contribution in [1.82, 2.24) is 14.5 Å². The summed E-state index contributed by atoms with van der Waals surface area (Å²) in [4.78, 5) is 45.6. The van der Waals surface area contributed by atoms with E-state index in [0.717, 1.165) is 29.7 Å². The van der Waals surface area contributed by atoms with Gasteiger partial charge in [-0.15, -0.1) is 0 Å². The van der Waals surface area contributed by atoms with E-state index >= 15 is 0 Å². The van der Waals surface area contributed by atoms with Crippen molar-refractivity contribution in [3.05, 3.63) is 69.1 Å². The van der Waals surface area contributed by atoms with Gasteiger partial charge >= 0.3 is 0 Å². The molecule has 0 radical (unpaired) electrons. The number of carbonyl (C=O) groups is 2. The van der Waals surface area contributed by atoms with Gasteiger partial charge in [0.15, 0.2) is 0 Å². The number of carbonyl (C=O) groups excluding carboxylic acids is 2. The van der Waals surface area contributed by atoms with Crippen LogP contribution in [0.15, 0.2) is 41.3 Å². The molecule has 7 nitrogen and oxygen atoms in total. The lowest BCUT2D eigenvalue weighted by molar-refractivity contribution is -0.116. The average molecular weight is 447 g/mol. The number of piperidine rings is 1. The summed E-state index contributed by atoms with van der Waals surface area (Å²) in [7, 11) is 0. The number of amides is 2. The number of hydrogen-bond donors (Lipinski definition) is 1. The highest BCUT2D eigenvalue weighted by Gasteiger charge is 2.25.